The lowest BCUT2D eigenvalue weighted by molar-refractivity contribution is 0.483. The van der Waals surface area contributed by atoms with Gasteiger partial charge in [-0.3, -0.25) is 0 Å². The van der Waals surface area contributed by atoms with Crippen LogP contribution in [0.3, 0.4) is 0 Å². The van der Waals surface area contributed by atoms with Gasteiger partial charge in [0.15, 0.2) is 0 Å². The van der Waals surface area contributed by atoms with Crippen molar-refractivity contribution in [3.05, 3.63) is 96.5 Å². The predicted molar refractivity (Wildman–Crippen MR) is 101 cm³/mol. The smallest absolute Gasteiger partial charge is 0.133 e. The molecule has 0 saturated carbocycles. The summed E-state index contributed by atoms with van der Waals surface area (Å²) >= 11 is 0. The van der Waals surface area contributed by atoms with Crippen molar-refractivity contribution >= 4 is 16.6 Å². The van der Waals surface area contributed by atoms with Crippen LogP contribution in [-0.2, 0) is 7.05 Å². The Hall–Kier alpha value is -3.33. The van der Waals surface area contributed by atoms with E-state index < -0.39 is 0 Å². The van der Waals surface area contributed by atoms with Crippen LogP contribution in [0.1, 0.15) is 0 Å². The van der Waals surface area contributed by atoms with Crippen LogP contribution >= 0.6 is 0 Å². The molecule has 0 amide bonds. The average Bonchev–Trinajstić information content (AvgIpc) is 2.67. The summed E-state index contributed by atoms with van der Waals surface area (Å²) < 4.78 is 7.92. The molecular formula is C22H18N2O. The van der Waals surface area contributed by atoms with Crippen molar-refractivity contribution < 1.29 is 4.74 Å². The van der Waals surface area contributed by atoms with Gasteiger partial charge in [0.05, 0.1) is 5.69 Å². The Morgan fingerprint density at radius 1 is 0.680 bits per heavy atom. The minimum Gasteiger partial charge on any atom is -0.457 e. The van der Waals surface area contributed by atoms with Crippen LogP contribution < -0.4 is 10.2 Å². The molecule has 4 aromatic rings. The van der Waals surface area contributed by atoms with E-state index in [2.05, 4.69) is 22.8 Å². The minimum atomic E-state index is 0.799. The Bertz CT molecular complexity index is 1060. The third-order valence-corrected chi connectivity index (χ3v) is 4.11. The summed E-state index contributed by atoms with van der Waals surface area (Å²) in [7, 11) is 2.04. The third kappa shape index (κ3) is 3.31. The van der Waals surface area contributed by atoms with Crippen molar-refractivity contribution in [2.24, 2.45) is 12.0 Å². The van der Waals surface area contributed by atoms with E-state index in [1.165, 1.54) is 5.39 Å². The Balaban J connectivity index is 1.64. The summed E-state index contributed by atoms with van der Waals surface area (Å²) in [6.07, 6.45) is 0. The predicted octanol–water partition coefficient (Wildman–Crippen LogP) is 5.20. The van der Waals surface area contributed by atoms with Gasteiger partial charge in [-0.25, -0.2) is 4.99 Å². The van der Waals surface area contributed by atoms with E-state index in [1.807, 2.05) is 79.8 Å². The molecule has 0 N–H and O–H groups in total. The van der Waals surface area contributed by atoms with Crippen LogP contribution in [0.25, 0.3) is 10.9 Å². The summed E-state index contributed by atoms with van der Waals surface area (Å²) in [5, 5.41) is 1.20. The molecule has 0 saturated heterocycles. The quantitative estimate of drug-likeness (QED) is 0.508. The van der Waals surface area contributed by atoms with E-state index in [1.54, 1.807) is 0 Å². The number of hydrogen-bond donors (Lipinski definition) is 0. The first kappa shape index (κ1) is 15.2. The molecule has 0 aliphatic carbocycles. The zero-order valence-corrected chi connectivity index (χ0v) is 14.0. The van der Waals surface area contributed by atoms with Crippen LogP contribution in [0.4, 0.5) is 5.69 Å². The number of benzene rings is 3. The van der Waals surface area contributed by atoms with E-state index in [0.29, 0.717) is 0 Å². The average molecular weight is 326 g/mol. The Kier molecular flexibility index (Phi) is 4.05. The molecule has 0 fully saturated rings. The Labute approximate surface area is 146 Å². The maximum atomic E-state index is 5.82. The molecule has 1 heterocycles. The first-order chi connectivity index (χ1) is 12.3. The molecule has 3 heteroatoms. The molecule has 0 aliphatic heterocycles. The number of para-hydroxylation sites is 2. The van der Waals surface area contributed by atoms with Gasteiger partial charge in [-0.1, -0.05) is 36.4 Å². The number of hydrogen-bond acceptors (Lipinski definition) is 2. The largest absolute Gasteiger partial charge is 0.457 e. The van der Waals surface area contributed by atoms with E-state index in [4.69, 9.17) is 9.73 Å². The highest BCUT2D eigenvalue weighted by Gasteiger charge is 1.99. The van der Waals surface area contributed by atoms with Crippen LogP contribution in [0.2, 0.25) is 0 Å². The SMILES string of the molecule is Cn1c(=Nc2ccc(Oc3ccccc3)cc2)ccc2ccccc21. The monoisotopic (exact) mass is 326 g/mol. The number of fused-ring (bicyclic) bond motifs is 1. The fourth-order valence-corrected chi connectivity index (χ4v) is 2.79. The van der Waals surface area contributed by atoms with Crippen LogP contribution in [-0.4, -0.2) is 4.57 Å². The highest BCUT2D eigenvalue weighted by atomic mass is 16.5. The van der Waals surface area contributed by atoms with Crippen molar-refractivity contribution in [3.8, 4) is 11.5 Å². The van der Waals surface area contributed by atoms with Crippen molar-refractivity contribution in [1.29, 1.82) is 0 Å². The van der Waals surface area contributed by atoms with Gasteiger partial charge in [-0.2, -0.15) is 0 Å². The molecule has 4 rings (SSSR count). The normalized spacial score (nSPS) is 11.6. The molecule has 0 atom stereocenters. The van der Waals surface area contributed by atoms with Crippen LogP contribution in [0.15, 0.2) is 96.0 Å². The summed E-state index contributed by atoms with van der Waals surface area (Å²) in [5.41, 5.74) is 2.97. The van der Waals surface area contributed by atoms with Gasteiger partial charge >= 0.3 is 0 Å². The summed E-state index contributed by atoms with van der Waals surface area (Å²) in [4.78, 5) is 4.75. The second-order valence-corrected chi connectivity index (χ2v) is 5.83. The summed E-state index contributed by atoms with van der Waals surface area (Å²) in [6, 6.07) is 30.0. The fourth-order valence-electron chi connectivity index (χ4n) is 2.79. The van der Waals surface area contributed by atoms with E-state index in [-0.39, 0.29) is 0 Å². The second-order valence-electron chi connectivity index (χ2n) is 5.83. The number of nitrogens with zero attached hydrogens (tertiary/aromatic N) is 2. The number of rotatable bonds is 3. The van der Waals surface area contributed by atoms with Crippen LogP contribution in [0.5, 0.6) is 11.5 Å². The molecule has 0 unspecified atom stereocenters. The molecule has 122 valence electrons. The maximum absolute atomic E-state index is 5.82. The van der Waals surface area contributed by atoms with Gasteiger partial charge in [-0.05, 0) is 60.0 Å². The first-order valence-electron chi connectivity index (χ1n) is 8.22. The topological polar surface area (TPSA) is 26.5 Å². The maximum Gasteiger partial charge on any atom is 0.133 e. The zero-order chi connectivity index (χ0) is 17.1. The summed E-state index contributed by atoms with van der Waals surface area (Å²) in [5.74, 6) is 1.63. The van der Waals surface area contributed by atoms with Crippen molar-refractivity contribution in [1.82, 2.24) is 4.57 Å². The van der Waals surface area contributed by atoms with Gasteiger partial charge in [0.25, 0.3) is 0 Å². The highest BCUT2D eigenvalue weighted by molar-refractivity contribution is 5.78. The lowest BCUT2D eigenvalue weighted by Crippen LogP contribution is -2.16. The standard InChI is InChI=1S/C22H18N2O/c1-24-21-10-6-5-7-17(21)11-16-22(24)23-18-12-14-20(15-13-18)25-19-8-3-2-4-9-19/h2-16H,1H3. The molecule has 3 aromatic carbocycles. The molecule has 0 radical (unpaired) electrons. The van der Waals surface area contributed by atoms with Gasteiger partial charge < -0.3 is 9.30 Å². The van der Waals surface area contributed by atoms with Gasteiger partial charge in [-0.15, -0.1) is 0 Å². The number of aromatic nitrogens is 1. The van der Waals surface area contributed by atoms with Gasteiger partial charge in [0.2, 0.25) is 0 Å². The van der Waals surface area contributed by atoms with Crippen molar-refractivity contribution in [3.63, 3.8) is 0 Å². The van der Waals surface area contributed by atoms with Crippen molar-refractivity contribution in [2.75, 3.05) is 0 Å². The zero-order valence-electron chi connectivity index (χ0n) is 14.0. The van der Waals surface area contributed by atoms with Gasteiger partial charge in [0, 0.05) is 12.6 Å². The summed E-state index contributed by atoms with van der Waals surface area (Å²) in [6.45, 7) is 0. The fraction of sp³-hybridized carbons (Fsp3) is 0.0455. The molecule has 25 heavy (non-hydrogen) atoms. The molecule has 3 nitrogen and oxygen atoms in total. The lowest BCUT2D eigenvalue weighted by Gasteiger charge is -2.07. The van der Waals surface area contributed by atoms with Gasteiger partial charge in [0.1, 0.15) is 17.0 Å². The number of ether oxygens (including phenoxy) is 1. The minimum absolute atomic E-state index is 0.799. The molecule has 1 aromatic heterocycles. The lowest BCUT2D eigenvalue weighted by atomic mass is 10.2. The number of pyridine rings is 1. The first-order valence-corrected chi connectivity index (χ1v) is 8.22. The Morgan fingerprint density at radius 2 is 1.36 bits per heavy atom. The Morgan fingerprint density at radius 3 is 2.16 bits per heavy atom. The van der Waals surface area contributed by atoms with Crippen LogP contribution in [0, 0.1) is 0 Å². The molecule has 0 bridgehead atoms. The molecular weight excluding hydrogens is 308 g/mol. The number of aryl methyl sites for hydroxylation is 1. The van der Waals surface area contributed by atoms with E-state index in [9.17, 15) is 0 Å². The molecule has 0 spiro atoms. The highest BCUT2D eigenvalue weighted by Crippen LogP contribution is 2.23. The van der Waals surface area contributed by atoms with E-state index >= 15 is 0 Å². The van der Waals surface area contributed by atoms with E-state index in [0.717, 1.165) is 28.2 Å². The molecule has 0 aliphatic rings. The van der Waals surface area contributed by atoms with Crippen molar-refractivity contribution in [2.45, 2.75) is 0 Å². The third-order valence-electron chi connectivity index (χ3n) is 4.11. The second kappa shape index (κ2) is 6.65.